The summed E-state index contributed by atoms with van der Waals surface area (Å²) >= 11 is 0. The van der Waals surface area contributed by atoms with Crippen LogP contribution < -0.4 is 4.74 Å². The van der Waals surface area contributed by atoms with E-state index >= 15 is 0 Å². The lowest BCUT2D eigenvalue weighted by atomic mass is 9.82. The molecule has 0 amide bonds. The topological polar surface area (TPSA) is 52.6 Å². The fourth-order valence-electron chi connectivity index (χ4n) is 1.97. The van der Waals surface area contributed by atoms with Gasteiger partial charge in [0.05, 0.1) is 6.61 Å². The Bertz CT molecular complexity index is 495. The maximum absolute atomic E-state index is 13.6. The third-order valence-corrected chi connectivity index (χ3v) is 3.47. The van der Waals surface area contributed by atoms with Gasteiger partial charge in [0.2, 0.25) is 0 Å². The molecule has 0 heterocycles. The Balaban J connectivity index is 2.97. The fraction of sp³-hybridized carbons (Fsp3) is 0.500. The van der Waals surface area contributed by atoms with Gasteiger partial charge in [0.1, 0.15) is 0 Å². The smallest absolute Gasteiger partial charge is 0.328 e. The van der Waals surface area contributed by atoms with E-state index in [0.717, 1.165) is 0 Å². The van der Waals surface area contributed by atoms with Crippen molar-refractivity contribution >= 4 is 11.9 Å². The van der Waals surface area contributed by atoms with Crippen molar-refractivity contribution in [1.29, 1.82) is 0 Å². The van der Waals surface area contributed by atoms with Crippen molar-refractivity contribution in [2.24, 2.45) is 5.41 Å². The average molecular weight is 296 g/mol. The van der Waals surface area contributed by atoms with Crippen LogP contribution in [0.15, 0.2) is 24.3 Å². The van der Waals surface area contributed by atoms with Gasteiger partial charge in [-0.15, -0.1) is 0 Å². The summed E-state index contributed by atoms with van der Waals surface area (Å²) in [5, 5.41) is 0. The summed E-state index contributed by atoms with van der Waals surface area (Å²) in [4.78, 5) is 24.5. The number of hydrogen-bond donors (Lipinski definition) is 0. The molecule has 0 saturated heterocycles. The molecule has 0 unspecified atom stereocenters. The van der Waals surface area contributed by atoms with E-state index in [2.05, 4.69) is 0 Å². The molecular formula is C16H21FO4. The molecule has 0 saturated carbocycles. The number of para-hydroxylation sites is 1. The second-order valence-corrected chi connectivity index (χ2v) is 4.75. The van der Waals surface area contributed by atoms with Crippen LogP contribution in [0.4, 0.5) is 4.39 Å². The molecule has 0 aliphatic rings. The molecule has 0 aliphatic carbocycles. The molecule has 5 heteroatoms. The zero-order valence-electron chi connectivity index (χ0n) is 12.6. The van der Waals surface area contributed by atoms with E-state index < -0.39 is 23.2 Å². The number of hydrogen-bond acceptors (Lipinski definition) is 4. The molecule has 4 nitrogen and oxygen atoms in total. The number of ether oxygens (including phenoxy) is 2. The van der Waals surface area contributed by atoms with E-state index in [-0.39, 0.29) is 25.2 Å². The van der Waals surface area contributed by atoms with Crippen LogP contribution in [0.3, 0.4) is 0 Å². The van der Waals surface area contributed by atoms with E-state index in [1.54, 1.807) is 19.9 Å². The Morgan fingerprint density at radius 1 is 1.10 bits per heavy atom. The maximum atomic E-state index is 13.6. The summed E-state index contributed by atoms with van der Waals surface area (Å²) in [5.74, 6) is -2.22. The Hall–Kier alpha value is -1.91. The van der Waals surface area contributed by atoms with Crippen LogP contribution in [0.1, 0.15) is 40.0 Å². The van der Waals surface area contributed by atoms with Gasteiger partial charge in [-0.3, -0.25) is 9.59 Å². The second kappa shape index (κ2) is 7.76. The summed E-state index contributed by atoms with van der Waals surface area (Å²) in [5.41, 5.74) is -1.39. The van der Waals surface area contributed by atoms with Gasteiger partial charge in [0, 0.05) is 0 Å². The first-order valence-corrected chi connectivity index (χ1v) is 7.15. The molecule has 0 fully saturated rings. The van der Waals surface area contributed by atoms with Gasteiger partial charge >= 0.3 is 11.9 Å². The second-order valence-electron chi connectivity index (χ2n) is 4.75. The van der Waals surface area contributed by atoms with Crippen molar-refractivity contribution in [3.05, 3.63) is 30.1 Å². The number of esters is 2. The SMILES string of the molecule is CCCOC(=O)C(CC)(CC)C(=O)Oc1ccccc1F. The number of benzene rings is 1. The molecule has 116 valence electrons. The van der Waals surface area contributed by atoms with Crippen molar-refractivity contribution in [3.8, 4) is 5.75 Å². The molecule has 0 aliphatic heterocycles. The summed E-state index contributed by atoms with van der Waals surface area (Å²) in [6.45, 7) is 5.52. The molecule has 0 aromatic heterocycles. The lowest BCUT2D eigenvalue weighted by Gasteiger charge is -2.26. The van der Waals surface area contributed by atoms with Gasteiger partial charge in [-0.25, -0.2) is 4.39 Å². The molecule has 1 aromatic rings. The van der Waals surface area contributed by atoms with Gasteiger partial charge in [0.15, 0.2) is 17.0 Å². The molecule has 0 radical (unpaired) electrons. The van der Waals surface area contributed by atoms with Crippen molar-refractivity contribution in [2.45, 2.75) is 40.0 Å². The number of carbonyl (C=O) groups excluding carboxylic acids is 2. The van der Waals surface area contributed by atoms with Crippen LogP contribution in [0.25, 0.3) is 0 Å². The summed E-state index contributed by atoms with van der Waals surface area (Å²) in [6.07, 6.45) is 1.14. The quantitative estimate of drug-likeness (QED) is 0.439. The number of halogens is 1. The molecule has 0 bridgehead atoms. The standard InChI is InChI=1S/C16H21FO4/c1-4-11-20-14(18)16(5-2,6-3)15(19)21-13-10-8-7-9-12(13)17/h7-10H,4-6,11H2,1-3H3. The first-order valence-electron chi connectivity index (χ1n) is 7.15. The van der Waals surface area contributed by atoms with Crippen LogP contribution in [-0.2, 0) is 14.3 Å². The molecule has 0 atom stereocenters. The highest BCUT2D eigenvalue weighted by Crippen LogP contribution is 2.31. The number of rotatable bonds is 7. The van der Waals surface area contributed by atoms with Gasteiger partial charge < -0.3 is 9.47 Å². The predicted molar refractivity (Wildman–Crippen MR) is 76.3 cm³/mol. The lowest BCUT2D eigenvalue weighted by molar-refractivity contribution is -0.168. The monoisotopic (exact) mass is 296 g/mol. The number of carbonyl (C=O) groups is 2. The van der Waals surface area contributed by atoms with E-state index in [9.17, 15) is 14.0 Å². The molecular weight excluding hydrogens is 275 g/mol. The van der Waals surface area contributed by atoms with E-state index in [0.29, 0.717) is 6.42 Å². The molecule has 0 spiro atoms. The minimum absolute atomic E-state index is 0.183. The third kappa shape index (κ3) is 3.80. The van der Waals surface area contributed by atoms with Gasteiger partial charge in [-0.1, -0.05) is 32.9 Å². The Labute approximate surface area is 124 Å². The zero-order valence-corrected chi connectivity index (χ0v) is 12.6. The van der Waals surface area contributed by atoms with Gasteiger partial charge in [0.25, 0.3) is 0 Å². The minimum atomic E-state index is -1.39. The summed E-state index contributed by atoms with van der Waals surface area (Å²) in [6, 6.07) is 5.59. The summed E-state index contributed by atoms with van der Waals surface area (Å²) < 4.78 is 23.7. The third-order valence-electron chi connectivity index (χ3n) is 3.47. The first kappa shape index (κ1) is 17.1. The van der Waals surface area contributed by atoms with Crippen LogP contribution in [0.5, 0.6) is 5.75 Å². The highest BCUT2D eigenvalue weighted by Gasteiger charge is 2.46. The maximum Gasteiger partial charge on any atom is 0.328 e. The highest BCUT2D eigenvalue weighted by atomic mass is 19.1. The van der Waals surface area contributed by atoms with Gasteiger partial charge in [-0.2, -0.15) is 0 Å². The van der Waals surface area contributed by atoms with E-state index in [1.165, 1.54) is 18.2 Å². The largest absolute Gasteiger partial charge is 0.465 e. The molecule has 1 rings (SSSR count). The van der Waals surface area contributed by atoms with Crippen LogP contribution in [0, 0.1) is 11.2 Å². The molecule has 21 heavy (non-hydrogen) atoms. The van der Waals surface area contributed by atoms with Crippen molar-refractivity contribution in [3.63, 3.8) is 0 Å². The summed E-state index contributed by atoms with van der Waals surface area (Å²) in [7, 11) is 0. The Kier molecular flexibility index (Phi) is 6.34. The molecule has 1 aromatic carbocycles. The minimum Gasteiger partial charge on any atom is -0.465 e. The lowest BCUT2D eigenvalue weighted by Crippen LogP contribution is -2.42. The zero-order chi connectivity index (χ0) is 15.9. The van der Waals surface area contributed by atoms with E-state index in [1.807, 2.05) is 6.92 Å². The van der Waals surface area contributed by atoms with Gasteiger partial charge in [-0.05, 0) is 31.4 Å². The molecule has 0 N–H and O–H groups in total. The van der Waals surface area contributed by atoms with Crippen LogP contribution in [0.2, 0.25) is 0 Å². The highest BCUT2D eigenvalue weighted by molar-refractivity contribution is 6.00. The van der Waals surface area contributed by atoms with Crippen molar-refractivity contribution < 1.29 is 23.5 Å². The Morgan fingerprint density at radius 2 is 1.71 bits per heavy atom. The average Bonchev–Trinajstić information content (AvgIpc) is 2.49. The van der Waals surface area contributed by atoms with E-state index in [4.69, 9.17) is 9.47 Å². The van der Waals surface area contributed by atoms with Crippen molar-refractivity contribution in [1.82, 2.24) is 0 Å². The first-order chi connectivity index (χ1) is 10.0. The predicted octanol–water partition coefficient (Wildman–Crippen LogP) is 3.49. The van der Waals surface area contributed by atoms with Crippen LogP contribution >= 0.6 is 0 Å². The van der Waals surface area contributed by atoms with Crippen LogP contribution in [-0.4, -0.2) is 18.5 Å². The normalized spacial score (nSPS) is 11.0. The Morgan fingerprint density at radius 3 is 2.24 bits per heavy atom. The van der Waals surface area contributed by atoms with Crippen molar-refractivity contribution in [2.75, 3.05) is 6.61 Å². The fourth-order valence-corrected chi connectivity index (χ4v) is 1.97.